The molecule has 1 aliphatic heterocycles. The molecule has 1 heterocycles. The topological polar surface area (TPSA) is 29.5 Å². The minimum absolute atomic E-state index is 0.0510. The van der Waals surface area contributed by atoms with E-state index in [1.807, 2.05) is 6.07 Å². The molecule has 3 rings (SSSR count). The van der Waals surface area contributed by atoms with E-state index in [-0.39, 0.29) is 11.3 Å². The fraction of sp³-hybridized carbons (Fsp3) is 0.588. The second kappa shape index (κ2) is 5.30. The van der Waals surface area contributed by atoms with Crippen LogP contribution >= 0.6 is 0 Å². The van der Waals surface area contributed by atoms with Crippen molar-refractivity contribution in [1.29, 1.82) is 0 Å². The molecular formula is C17H23NO2. The van der Waals surface area contributed by atoms with Crippen molar-refractivity contribution in [2.75, 3.05) is 26.3 Å². The molecule has 1 aromatic rings. The summed E-state index contributed by atoms with van der Waals surface area (Å²) < 4.78 is 5.51. The molecule has 0 aromatic heterocycles. The Morgan fingerprint density at radius 1 is 1.30 bits per heavy atom. The zero-order valence-electron chi connectivity index (χ0n) is 12.4. The maximum absolute atomic E-state index is 12.5. The molecule has 1 saturated heterocycles. The van der Waals surface area contributed by atoms with E-state index < -0.39 is 0 Å². The van der Waals surface area contributed by atoms with Crippen LogP contribution in [0.25, 0.3) is 0 Å². The lowest BCUT2D eigenvalue weighted by molar-refractivity contribution is -0.0467. The monoisotopic (exact) mass is 273 g/mol. The molecule has 3 nitrogen and oxygen atoms in total. The van der Waals surface area contributed by atoms with Gasteiger partial charge in [0.25, 0.3) is 0 Å². The molecule has 20 heavy (non-hydrogen) atoms. The summed E-state index contributed by atoms with van der Waals surface area (Å²) in [5.41, 5.74) is 3.61. The Balaban J connectivity index is 1.73. The fourth-order valence-corrected chi connectivity index (χ4v) is 3.19. The molecule has 108 valence electrons. The normalized spacial score (nSPS) is 21.7. The zero-order chi connectivity index (χ0) is 14.2. The number of morpholine rings is 1. The average molecular weight is 273 g/mol. The van der Waals surface area contributed by atoms with Crippen LogP contribution in [0.15, 0.2) is 18.2 Å². The number of aryl methyl sites for hydroxylation is 2. The first kappa shape index (κ1) is 13.8. The molecule has 0 saturated carbocycles. The van der Waals surface area contributed by atoms with Gasteiger partial charge in [0.1, 0.15) is 0 Å². The molecule has 0 spiro atoms. The van der Waals surface area contributed by atoms with Crippen LogP contribution in [0.2, 0.25) is 0 Å². The highest BCUT2D eigenvalue weighted by molar-refractivity contribution is 5.98. The first-order valence-corrected chi connectivity index (χ1v) is 7.54. The number of benzene rings is 1. The molecule has 0 unspecified atom stereocenters. The van der Waals surface area contributed by atoms with E-state index in [4.69, 9.17) is 4.74 Å². The van der Waals surface area contributed by atoms with E-state index in [1.54, 1.807) is 0 Å². The largest absolute Gasteiger partial charge is 0.378 e. The molecule has 0 bridgehead atoms. The summed E-state index contributed by atoms with van der Waals surface area (Å²) in [5.74, 6) is 0.231. The zero-order valence-corrected chi connectivity index (χ0v) is 12.4. The Bertz CT molecular complexity index is 522. The third-order valence-corrected chi connectivity index (χ3v) is 4.57. The Labute approximate surface area is 120 Å². The summed E-state index contributed by atoms with van der Waals surface area (Å²) >= 11 is 0. The molecule has 1 aliphatic carbocycles. The summed E-state index contributed by atoms with van der Waals surface area (Å²) in [5, 5.41) is 0. The van der Waals surface area contributed by atoms with Gasteiger partial charge in [-0.1, -0.05) is 12.1 Å². The van der Waals surface area contributed by atoms with Crippen LogP contribution in [-0.4, -0.2) is 42.5 Å². The van der Waals surface area contributed by atoms with Crippen molar-refractivity contribution in [1.82, 2.24) is 4.90 Å². The minimum atomic E-state index is -0.0510. The molecule has 2 aliphatic rings. The van der Waals surface area contributed by atoms with Crippen LogP contribution in [0, 0.1) is 0 Å². The van der Waals surface area contributed by atoms with E-state index in [2.05, 4.69) is 30.9 Å². The summed E-state index contributed by atoms with van der Waals surface area (Å²) in [4.78, 5) is 14.8. The fourth-order valence-electron chi connectivity index (χ4n) is 3.19. The highest BCUT2D eigenvalue weighted by Crippen LogP contribution is 2.24. The predicted molar refractivity (Wildman–Crippen MR) is 79.3 cm³/mol. The first-order valence-electron chi connectivity index (χ1n) is 7.54. The Hall–Kier alpha value is -1.19. The van der Waals surface area contributed by atoms with Crippen LogP contribution in [0.1, 0.15) is 41.8 Å². The highest BCUT2D eigenvalue weighted by Gasteiger charge is 2.31. The van der Waals surface area contributed by atoms with Crippen molar-refractivity contribution in [3.63, 3.8) is 0 Å². The Morgan fingerprint density at radius 2 is 2.10 bits per heavy atom. The number of ketones is 1. The number of rotatable bonds is 3. The van der Waals surface area contributed by atoms with E-state index >= 15 is 0 Å². The molecule has 0 N–H and O–H groups in total. The number of carbonyl (C=O) groups excluding carboxylic acids is 1. The van der Waals surface area contributed by atoms with Crippen molar-refractivity contribution in [2.45, 2.75) is 38.6 Å². The van der Waals surface area contributed by atoms with Gasteiger partial charge < -0.3 is 4.74 Å². The van der Waals surface area contributed by atoms with Gasteiger partial charge in [0.05, 0.1) is 19.8 Å². The quantitative estimate of drug-likeness (QED) is 0.792. The summed E-state index contributed by atoms with van der Waals surface area (Å²) in [6.07, 6.45) is 3.52. The van der Waals surface area contributed by atoms with Crippen LogP contribution in [0.4, 0.5) is 0 Å². The van der Waals surface area contributed by atoms with Crippen molar-refractivity contribution < 1.29 is 9.53 Å². The predicted octanol–water partition coefficient (Wildman–Crippen LogP) is 2.47. The standard InChI is InChI=1S/C17H23NO2/c1-17(2)12-20-9-8-18(17)11-16(19)15-7-6-13-4-3-5-14(13)10-15/h6-7,10H,3-5,8-9,11-12H2,1-2H3. The van der Waals surface area contributed by atoms with Gasteiger partial charge in [0.2, 0.25) is 0 Å². The Morgan fingerprint density at radius 3 is 2.90 bits per heavy atom. The molecular weight excluding hydrogens is 250 g/mol. The van der Waals surface area contributed by atoms with Crippen LogP contribution in [0.5, 0.6) is 0 Å². The van der Waals surface area contributed by atoms with Gasteiger partial charge in [0, 0.05) is 17.6 Å². The van der Waals surface area contributed by atoms with Gasteiger partial charge in [-0.2, -0.15) is 0 Å². The van der Waals surface area contributed by atoms with Gasteiger partial charge in [0.15, 0.2) is 5.78 Å². The average Bonchev–Trinajstić information content (AvgIpc) is 2.88. The summed E-state index contributed by atoms with van der Waals surface area (Å²) in [7, 11) is 0. The molecule has 1 fully saturated rings. The van der Waals surface area contributed by atoms with Gasteiger partial charge in [-0.05, 0) is 50.3 Å². The summed E-state index contributed by atoms with van der Waals surface area (Å²) in [6, 6.07) is 6.25. The number of Topliss-reactive ketones (excluding diaryl/α,β-unsaturated/α-hetero) is 1. The number of hydrogen-bond donors (Lipinski definition) is 0. The van der Waals surface area contributed by atoms with E-state index in [1.165, 1.54) is 24.0 Å². The number of carbonyl (C=O) groups is 1. The first-order chi connectivity index (χ1) is 9.56. The van der Waals surface area contributed by atoms with Crippen molar-refractivity contribution in [3.8, 4) is 0 Å². The smallest absolute Gasteiger partial charge is 0.176 e. The SMILES string of the molecule is CC1(C)COCCN1CC(=O)c1ccc2c(c1)CCC2. The van der Waals surface area contributed by atoms with E-state index in [9.17, 15) is 4.79 Å². The second-order valence-electron chi connectivity index (χ2n) is 6.55. The third-order valence-electron chi connectivity index (χ3n) is 4.57. The minimum Gasteiger partial charge on any atom is -0.378 e. The number of fused-ring (bicyclic) bond motifs is 1. The van der Waals surface area contributed by atoms with Crippen LogP contribution in [-0.2, 0) is 17.6 Å². The lowest BCUT2D eigenvalue weighted by Gasteiger charge is -2.41. The molecule has 1 aromatic carbocycles. The molecule has 0 radical (unpaired) electrons. The number of ether oxygens (including phenoxy) is 1. The lowest BCUT2D eigenvalue weighted by Crippen LogP contribution is -2.54. The van der Waals surface area contributed by atoms with E-state index in [0.29, 0.717) is 13.2 Å². The van der Waals surface area contributed by atoms with Gasteiger partial charge in [-0.25, -0.2) is 0 Å². The second-order valence-corrected chi connectivity index (χ2v) is 6.55. The van der Waals surface area contributed by atoms with E-state index in [0.717, 1.165) is 25.1 Å². The molecule has 0 atom stereocenters. The Kier molecular flexibility index (Phi) is 3.65. The maximum atomic E-state index is 12.5. The third kappa shape index (κ3) is 2.65. The lowest BCUT2D eigenvalue weighted by atomic mass is 9.99. The maximum Gasteiger partial charge on any atom is 0.176 e. The van der Waals surface area contributed by atoms with Crippen LogP contribution in [0.3, 0.4) is 0 Å². The van der Waals surface area contributed by atoms with Crippen molar-refractivity contribution in [2.24, 2.45) is 0 Å². The highest BCUT2D eigenvalue weighted by atomic mass is 16.5. The summed E-state index contributed by atoms with van der Waals surface area (Å²) in [6.45, 7) is 7.04. The van der Waals surface area contributed by atoms with Gasteiger partial charge in [-0.15, -0.1) is 0 Å². The van der Waals surface area contributed by atoms with Gasteiger partial charge in [-0.3, -0.25) is 9.69 Å². The molecule has 0 amide bonds. The van der Waals surface area contributed by atoms with Crippen LogP contribution < -0.4 is 0 Å². The molecule has 3 heteroatoms. The number of hydrogen-bond acceptors (Lipinski definition) is 3. The number of nitrogens with zero attached hydrogens (tertiary/aromatic N) is 1. The van der Waals surface area contributed by atoms with Crippen molar-refractivity contribution in [3.05, 3.63) is 34.9 Å². The van der Waals surface area contributed by atoms with Gasteiger partial charge >= 0.3 is 0 Å². The van der Waals surface area contributed by atoms with Crippen molar-refractivity contribution >= 4 is 5.78 Å².